The Hall–Kier alpha value is -1.83. The molecule has 0 saturated heterocycles. The minimum Gasteiger partial charge on any atom is -0.450 e. The molecule has 3 amide bonds. The van der Waals surface area contributed by atoms with Gasteiger partial charge in [-0.1, -0.05) is 23.2 Å². The summed E-state index contributed by atoms with van der Waals surface area (Å²) in [7, 11) is 1.65. The van der Waals surface area contributed by atoms with Gasteiger partial charge in [-0.05, 0) is 25.1 Å². The molecule has 1 atom stereocenters. The Balaban J connectivity index is 2.42. The van der Waals surface area contributed by atoms with Gasteiger partial charge in [0.25, 0.3) is 11.8 Å². The maximum absolute atomic E-state index is 11.9. The summed E-state index contributed by atoms with van der Waals surface area (Å²) in [5, 5.41) is 5.44. The van der Waals surface area contributed by atoms with Gasteiger partial charge in [0, 0.05) is 5.69 Å². The van der Waals surface area contributed by atoms with E-state index in [0.29, 0.717) is 20.6 Å². The van der Waals surface area contributed by atoms with Crippen LogP contribution in [0.4, 0.5) is 10.5 Å². The lowest BCUT2D eigenvalue weighted by Crippen LogP contribution is -3.11. The van der Waals surface area contributed by atoms with E-state index >= 15 is 0 Å². The molecule has 1 aromatic carbocycles. The standard InChI is InChI=1S/C14H17Cl2N3O4/c1-3-23-14(22)18-13(21)8-19(2)7-12(20)17-9-4-5-10(15)11(16)6-9/h4-6H,3,7-8H2,1-2H3,(H,17,20)(H,18,21,22)/p+1. The lowest BCUT2D eigenvalue weighted by molar-refractivity contribution is -0.862. The van der Waals surface area contributed by atoms with Gasteiger partial charge in [0.15, 0.2) is 13.1 Å². The third kappa shape index (κ3) is 7.32. The van der Waals surface area contributed by atoms with Crippen molar-refractivity contribution in [2.75, 3.05) is 32.1 Å². The number of rotatable bonds is 6. The molecule has 0 spiro atoms. The van der Waals surface area contributed by atoms with Crippen LogP contribution in [0.1, 0.15) is 6.92 Å². The van der Waals surface area contributed by atoms with Gasteiger partial charge >= 0.3 is 6.09 Å². The average molecular weight is 363 g/mol. The first-order valence-corrected chi connectivity index (χ1v) is 7.60. The van der Waals surface area contributed by atoms with Crippen LogP contribution in [0.3, 0.4) is 0 Å². The number of benzene rings is 1. The van der Waals surface area contributed by atoms with Gasteiger partial charge in [-0.3, -0.25) is 14.9 Å². The fourth-order valence-corrected chi connectivity index (χ4v) is 2.01. The highest BCUT2D eigenvalue weighted by Crippen LogP contribution is 2.24. The molecule has 0 fully saturated rings. The van der Waals surface area contributed by atoms with Gasteiger partial charge in [-0.25, -0.2) is 4.79 Å². The van der Waals surface area contributed by atoms with Crippen LogP contribution in [-0.4, -0.2) is 44.7 Å². The maximum Gasteiger partial charge on any atom is 0.414 e. The molecule has 0 aliphatic carbocycles. The Morgan fingerprint density at radius 1 is 1.13 bits per heavy atom. The van der Waals surface area contributed by atoms with Crippen LogP contribution in [0, 0.1) is 0 Å². The second kappa shape index (κ2) is 9.34. The van der Waals surface area contributed by atoms with Crippen molar-refractivity contribution in [2.45, 2.75) is 6.92 Å². The smallest absolute Gasteiger partial charge is 0.414 e. The first-order valence-electron chi connectivity index (χ1n) is 6.84. The van der Waals surface area contributed by atoms with E-state index < -0.39 is 12.0 Å². The normalized spacial score (nSPS) is 11.5. The summed E-state index contributed by atoms with van der Waals surface area (Å²) in [6, 6.07) is 4.72. The molecular weight excluding hydrogens is 345 g/mol. The van der Waals surface area contributed by atoms with Crippen LogP contribution in [0.5, 0.6) is 0 Å². The van der Waals surface area contributed by atoms with Crippen molar-refractivity contribution in [1.82, 2.24) is 5.32 Å². The number of carbonyl (C=O) groups excluding carboxylic acids is 3. The predicted molar refractivity (Wildman–Crippen MR) is 86.9 cm³/mol. The number of ether oxygens (including phenoxy) is 1. The monoisotopic (exact) mass is 362 g/mol. The molecule has 9 heteroatoms. The Morgan fingerprint density at radius 3 is 2.39 bits per heavy atom. The number of imide groups is 1. The van der Waals surface area contributed by atoms with Gasteiger partial charge in [-0.2, -0.15) is 0 Å². The number of halogens is 2. The van der Waals surface area contributed by atoms with Crippen LogP contribution < -0.4 is 15.5 Å². The average Bonchev–Trinajstić information content (AvgIpc) is 2.42. The summed E-state index contributed by atoms with van der Waals surface area (Å²) >= 11 is 11.7. The van der Waals surface area contributed by atoms with Crippen molar-refractivity contribution >= 4 is 46.8 Å². The molecule has 0 aromatic heterocycles. The molecule has 7 nitrogen and oxygen atoms in total. The molecule has 23 heavy (non-hydrogen) atoms. The van der Waals surface area contributed by atoms with Crippen molar-refractivity contribution in [3.05, 3.63) is 28.2 Å². The molecule has 126 valence electrons. The largest absolute Gasteiger partial charge is 0.450 e. The van der Waals surface area contributed by atoms with Crippen LogP contribution in [0.2, 0.25) is 10.0 Å². The van der Waals surface area contributed by atoms with Crippen LogP contribution in [0.15, 0.2) is 18.2 Å². The molecule has 1 unspecified atom stereocenters. The number of anilines is 1. The van der Waals surface area contributed by atoms with Crippen molar-refractivity contribution in [1.29, 1.82) is 0 Å². The number of carbonyl (C=O) groups is 3. The quantitative estimate of drug-likeness (QED) is 0.695. The molecular formula is C14H18Cl2N3O4+. The van der Waals surface area contributed by atoms with Crippen molar-refractivity contribution < 1.29 is 24.0 Å². The summed E-state index contributed by atoms with van der Waals surface area (Å²) in [6.45, 7) is 1.80. The highest BCUT2D eigenvalue weighted by atomic mass is 35.5. The highest BCUT2D eigenvalue weighted by Gasteiger charge is 2.16. The number of amides is 3. The lowest BCUT2D eigenvalue weighted by atomic mass is 10.3. The van der Waals surface area contributed by atoms with Crippen LogP contribution >= 0.6 is 23.2 Å². The first-order chi connectivity index (χ1) is 10.8. The number of alkyl carbamates (subject to hydrolysis) is 1. The number of hydrogen-bond donors (Lipinski definition) is 3. The molecule has 0 saturated carbocycles. The zero-order valence-corrected chi connectivity index (χ0v) is 14.3. The van der Waals surface area contributed by atoms with Gasteiger partial charge in [0.2, 0.25) is 0 Å². The maximum atomic E-state index is 11.9. The zero-order valence-electron chi connectivity index (χ0n) is 12.7. The van der Waals surface area contributed by atoms with Crippen LogP contribution in [-0.2, 0) is 14.3 Å². The Bertz CT molecular complexity index is 595. The van der Waals surface area contributed by atoms with Gasteiger partial charge in [0.05, 0.1) is 23.7 Å². The van der Waals surface area contributed by atoms with Crippen molar-refractivity contribution in [2.24, 2.45) is 0 Å². The van der Waals surface area contributed by atoms with Crippen molar-refractivity contribution in [3.63, 3.8) is 0 Å². The number of nitrogens with one attached hydrogen (secondary N) is 3. The van der Waals surface area contributed by atoms with E-state index in [9.17, 15) is 14.4 Å². The SMILES string of the molecule is CCOC(=O)NC(=O)C[NH+](C)CC(=O)Nc1ccc(Cl)c(Cl)c1. The lowest BCUT2D eigenvalue weighted by Gasteiger charge is -2.13. The second-order valence-corrected chi connectivity index (χ2v) is 5.57. The topological polar surface area (TPSA) is 88.9 Å². The summed E-state index contributed by atoms with van der Waals surface area (Å²) in [4.78, 5) is 35.2. The minimum atomic E-state index is -0.800. The van der Waals surface area contributed by atoms with E-state index in [4.69, 9.17) is 23.2 Å². The molecule has 3 N–H and O–H groups in total. The molecule has 0 radical (unpaired) electrons. The molecule has 0 aliphatic heterocycles. The van der Waals surface area contributed by atoms with Crippen LogP contribution in [0.25, 0.3) is 0 Å². The minimum absolute atomic E-state index is 0.0382. The summed E-state index contributed by atoms with van der Waals surface area (Å²) in [5.41, 5.74) is 0.508. The summed E-state index contributed by atoms with van der Waals surface area (Å²) in [5.74, 6) is -0.826. The Kier molecular flexibility index (Phi) is 7.80. The molecule has 1 rings (SSSR count). The van der Waals surface area contributed by atoms with Gasteiger partial charge in [-0.15, -0.1) is 0 Å². The van der Waals surface area contributed by atoms with E-state index in [-0.39, 0.29) is 25.6 Å². The molecule has 1 aromatic rings. The zero-order chi connectivity index (χ0) is 17.4. The number of quaternary nitrogens is 1. The summed E-state index contributed by atoms with van der Waals surface area (Å²) in [6.07, 6.45) is -0.800. The van der Waals surface area contributed by atoms with E-state index in [1.165, 1.54) is 6.07 Å². The number of hydrogen-bond acceptors (Lipinski definition) is 4. The fraction of sp³-hybridized carbons (Fsp3) is 0.357. The first kappa shape index (κ1) is 19.2. The van der Waals surface area contributed by atoms with E-state index in [1.54, 1.807) is 26.1 Å². The Labute approximate surface area is 143 Å². The van der Waals surface area contributed by atoms with Gasteiger partial charge in [0.1, 0.15) is 0 Å². The molecule has 0 bridgehead atoms. The second-order valence-electron chi connectivity index (χ2n) is 4.76. The highest BCUT2D eigenvalue weighted by molar-refractivity contribution is 6.42. The van der Waals surface area contributed by atoms with E-state index in [1.807, 2.05) is 0 Å². The third-order valence-corrected chi connectivity index (χ3v) is 3.38. The molecule has 0 heterocycles. The summed E-state index contributed by atoms with van der Waals surface area (Å²) < 4.78 is 4.59. The fourth-order valence-electron chi connectivity index (χ4n) is 1.71. The number of likely N-dealkylation sites (N-methyl/N-ethyl adjacent to an activating group) is 1. The molecule has 0 aliphatic rings. The Morgan fingerprint density at radius 2 is 1.78 bits per heavy atom. The van der Waals surface area contributed by atoms with Crippen molar-refractivity contribution in [3.8, 4) is 0 Å². The predicted octanol–water partition coefficient (Wildman–Crippen LogP) is 0.719. The van der Waals surface area contributed by atoms with E-state index in [0.717, 1.165) is 0 Å². The third-order valence-electron chi connectivity index (χ3n) is 2.64. The van der Waals surface area contributed by atoms with Gasteiger partial charge < -0.3 is 15.0 Å². The van der Waals surface area contributed by atoms with E-state index in [2.05, 4.69) is 15.4 Å².